The minimum Gasteiger partial charge on any atom is -0.325 e. The van der Waals surface area contributed by atoms with Gasteiger partial charge in [-0.1, -0.05) is 12.1 Å². The number of hydrogen-bond acceptors (Lipinski definition) is 4. The third kappa shape index (κ3) is 4.54. The van der Waals surface area contributed by atoms with Crippen LogP contribution in [0.1, 0.15) is 5.56 Å². The van der Waals surface area contributed by atoms with Crippen molar-refractivity contribution < 1.29 is 22.5 Å². The number of quaternary nitrogens is 1. The van der Waals surface area contributed by atoms with E-state index in [4.69, 9.17) is 5.26 Å². The predicted molar refractivity (Wildman–Crippen MR) is 101 cm³/mol. The summed E-state index contributed by atoms with van der Waals surface area (Å²) in [4.78, 5) is 13.3. The average Bonchev–Trinajstić information content (AvgIpc) is 2.69. The van der Waals surface area contributed by atoms with Gasteiger partial charge in [-0.15, -0.1) is 0 Å². The summed E-state index contributed by atoms with van der Waals surface area (Å²) in [7, 11) is -3.67. The molecule has 1 saturated heterocycles. The molecule has 3 rings (SSSR count). The second kappa shape index (κ2) is 8.48. The molecule has 1 amide bonds. The summed E-state index contributed by atoms with van der Waals surface area (Å²) in [5, 5.41) is 11.8. The van der Waals surface area contributed by atoms with Gasteiger partial charge in [0.25, 0.3) is 5.91 Å². The fraction of sp³-hybridized carbons (Fsp3) is 0.263. The van der Waals surface area contributed by atoms with Crippen molar-refractivity contribution in [3.63, 3.8) is 0 Å². The molecule has 1 fully saturated rings. The van der Waals surface area contributed by atoms with Gasteiger partial charge in [0, 0.05) is 0 Å². The molecule has 0 aliphatic carbocycles. The molecule has 0 aromatic heterocycles. The minimum atomic E-state index is -3.67. The minimum absolute atomic E-state index is 0.0585. The van der Waals surface area contributed by atoms with Crippen LogP contribution in [0.25, 0.3) is 0 Å². The zero-order valence-corrected chi connectivity index (χ0v) is 15.9. The molecule has 1 aliphatic heterocycles. The number of benzene rings is 2. The Morgan fingerprint density at radius 3 is 2.43 bits per heavy atom. The smallest absolute Gasteiger partial charge is 0.279 e. The molecule has 0 atom stereocenters. The fourth-order valence-electron chi connectivity index (χ4n) is 3.09. The number of nitriles is 1. The van der Waals surface area contributed by atoms with Crippen molar-refractivity contribution in [3.8, 4) is 6.07 Å². The van der Waals surface area contributed by atoms with Crippen molar-refractivity contribution in [2.45, 2.75) is 4.90 Å². The maximum absolute atomic E-state index is 13.0. The van der Waals surface area contributed by atoms with E-state index in [1.807, 2.05) is 6.07 Å². The van der Waals surface area contributed by atoms with Crippen molar-refractivity contribution >= 4 is 21.6 Å². The Labute approximate surface area is 163 Å². The number of piperazine rings is 1. The molecule has 9 heteroatoms. The molecule has 2 aromatic rings. The van der Waals surface area contributed by atoms with Crippen LogP contribution < -0.4 is 10.2 Å². The first-order chi connectivity index (χ1) is 13.4. The molecule has 146 valence electrons. The molecule has 28 heavy (non-hydrogen) atoms. The first-order valence-corrected chi connectivity index (χ1v) is 10.2. The molecule has 0 spiro atoms. The lowest BCUT2D eigenvalue weighted by Crippen LogP contribution is -3.15. The van der Waals surface area contributed by atoms with Crippen LogP contribution in [-0.2, 0) is 14.8 Å². The van der Waals surface area contributed by atoms with Gasteiger partial charge >= 0.3 is 0 Å². The molecular formula is C19H20FN4O3S+. The number of rotatable bonds is 5. The Morgan fingerprint density at radius 1 is 1.14 bits per heavy atom. The van der Waals surface area contributed by atoms with E-state index in [2.05, 4.69) is 5.32 Å². The molecule has 1 aliphatic rings. The summed E-state index contributed by atoms with van der Waals surface area (Å²) in [6, 6.07) is 13.5. The van der Waals surface area contributed by atoms with Gasteiger partial charge in [0.2, 0.25) is 10.0 Å². The van der Waals surface area contributed by atoms with Gasteiger partial charge < -0.3 is 10.2 Å². The number of sulfonamides is 1. The van der Waals surface area contributed by atoms with Gasteiger partial charge in [0.15, 0.2) is 6.54 Å². The van der Waals surface area contributed by atoms with Gasteiger partial charge in [-0.2, -0.15) is 9.57 Å². The first-order valence-electron chi connectivity index (χ1n) is 8.78. The Hall–Kier alpha value is -2.80. The standard InChI is InChI=1S/C19H19FN4O3S/c20-16-5-7-17(8-6-16)28(26,27)24-11-9-23(10-12-24)14-19(25)22-18-4-2-1-3-15(18)13-21/h1-8H,9-12,14H2,(H,22,25)/p+1. The van der Waals surface area contributed by atoms with E-state index in [9.17, 15) is 17.6 Å². The summed E-state index contributed by atoms with van der Waals surface area (Å²) in [6.07, 6.45) is 0. The number of nitrogens with zero attached hydrogens (tertiary/aromatic N) is 2. The molecule has 0 radical (unpaired) electrons. The van der Waals surface area contributed by atoms with Gasteiger partial charge in [-0.25, -0.2) is 12.8 Å². The average molecular weight is 403 g/mol. The number of amides is 1. The number of para-hydroxylation sites is 1. The Balaban J connectivity index is 1.56. The molecule has 7 nitrogen and oxygen atoms in total. The van der Waals surface area contributed by atoms with Crippen molar-refractivity contribution in [2.24, 2.45) is 0 Å². The Morgan fingerprint density at radius 2 is 1.79 bits per heavy atom. The van der Waals surface area contributed by atoms with E-state index in [-0.39, 0.29) is 30.4 Å². The molecule has 0 saturated carbocycles. The summed E-state index contributed by atoms with van der Waals surface area (Å²) in [5.74, 6) is -0.718. The molecule has 2 N–H and O–H groups in total. The Bertz CT molecular complexity index is 995. The first kappa shape index (κ1) is 19.9. The maximum Gasteiger partial charge on any atom is 0.279 e. The van der Waals surface area contributed by atoms with Gasteiger partial charge in [-0.05, 0) is 36.4 Å². The normalized spacial score (nSPS) is 15.7. The van der Waals surface area contributed by atoms with Crippen LogP contribution in [0.2, 0.25) is 0 Å². The number of hydrogen-bond donors (Lipinski definition) is 2. The van der Waals surface area contributed by atoms with E-state index in [1.165, 1.54) is 16.4 Å². The summed E-state index contributed by atoms with van der Waals surface area (Å²) >= 11 is 0. The number of halogens is 1. The fourth-order valence-corrected chi connectivity index (χ4v) is 4.53. The summed E-state index contributed by atoms with van der Waals surface area (Å²) < 4.78 is 39.6. The highest BCUT2D eigenvalue weighted by molar-refractivity contribution is 7.89. The zero-order valence-electron chi connectivity index (χ0n) is 15.1. The highest BCUT2D eigenvalue weighted by Gasteiger charge is 2.31. The lowest BCUT2D eigenvalue weighted by Gasteiger charge is -2.31. The van der Waals surface area contributed by atoms with E-state index >= 15 is 0 Å². The number of carbonyl (C=O) groups excluding carboxylic acids is 1. The van der Waals surface area contributed by atoms with Crippen LogP contribution in [0.5, 0.6) is 0 Å². The van der Waals surface area contributed by atoms with Crippen molar-refractivity contribution in [2.75, 3.05) is 38.0 Å². The van der Waals surface area contributed by atoms with Gasteiger partial charge in [0.1, 0.15) is 11.9 Å². The highest BCUT2D eigenvalue weighted by Crippen LogP contribution is 2.16. The van der Waals surface area contributed by atoms with Crippen LogP contribution in [0.15, 0.2) is 53.4 Å². The summed E-state index contributed by atoms with van der Waals surface area (Å²) in [5.41, 5.74) is 0.855. The van der Waals surface area contributed by atoms with E-state index in [0.717, 1.165) is 17.0 Å². The van der Waals surface area contributed by atoms with Gasteiger partial charge in [0.05, 0.1) is 42.3 Å². The van der Waals surface area contributed by atoms with Crippen LogP contribution in [0.3, 0.4) is 0 Å². The molecule has 1 heterocycles. The highest BCUT2D eigenvalue weighted by atomic mass is 32.2. The zero-order chi connectivity index (χ0) is 20.1. The predicted octanol–water partition coefficient (Wildman–Crippen LogP) is 0.225. The second-order valence-corrected chi connectivity index (χ2v) is 8.43. The Kier molecular flexibility index (Phi) is 6.04. The molecule has 2 aromatic carbocycles. The van der Waals surface area contributed by atoms with E-state index in [1.54, 1.807) is 24.3 Å². The van der Waals surface area contributed by atoms with Crippen LogP contribution >= 0.6 is 0 Å². The molecular weight excluding hydrogens is 383 g/mol. The third-order valence-corrected chi connectivity index (χ3v) is 6.53. The van der Waals surface area contributed by atoms with E-state index < -0.39 is 15.8 Å². The van der Waals surface area contributed by atoms with Gasteiger partial charge in [-0.3, -0.25) is 4.79 Å². The number of anilines is 1. The maximum atomic E-state index is 13.0. The second-order valence-electron chi connectivity index (χ2n) is 6.49. The lowest BCUT2D eigenvalue weighted by atomic mass is 10.2. The van der Waals surface area contributed by atoms with Crippen LogP contribution in [0, 0.1) is 17.1 Å². The SMILES string of the molecule is N#Cc1ccccc1NC(=O)C[NH+]1CCN(S(=O)(=O)c2ccc(F)cc2)CC1. The number of nitrogens with one attached hydrogen (secondary N) is 2. The van der Waals surface area contributed by atoms with Crippen molar-refractivity contribution in [3.05, 3.63) is 59.9 Å². The third-order valence-electron chi connectivity index (χ3n) is 4.61. The van der Waals surface area contributed by atoms with Crippen LogP contribution in [-0.4, -0.2) is 51.4 Å². The van der Waals surface area contributed by atoms with Crippen LogP contribution in [0.4, 0.5) is 10.1 Å². The monoisotopic (exact) mass is 403 g/mol. The van der Waals surface area contributed by atoms with E-state index in [0.29, 0.717) is 24.3 Å². The molecule has 0 unspecified atom stereocenters. The lowest BCUT2D eigenvalue weighted by molar-refractivity contribution is -0.895. The van der Waals surface area contributed by atoms with Crippen molar-refractivity contribution in [1.29, 1.82) is 5.26 Å². The molecule has 0 bridgehead atoms. The number of carbonyl (C=O) groups is 1. The largest absolute Gasteiger partial charge is 0.325 e. The quantitative estimate of drug-likeness (QED) is 0.747. The van der Waals surface area contributed by atoms with Crippen molar-refractivity contribution in [1.82, 2.24) is 4.31 Å². The topological polar surface area (TPSA) is 94.7 Å². The summed E-state index contributed by atoms with van der Waals surface area (Å²) in [6.45, 7) is 1.69.